The molecule has 1 heterocycles. The van der Waals surface area contributed by atoms with E-state index in [1.54, 1.807) is 19.2 Å². The molecule has 0 spiro atoms. The normalized spacial score (nSPS) is 11.9. The summed E-state index contributed by atoms with van der Waals surface area (Å²) in [5.74, 6) is 0.868. The standard InChI is InChI=1S/C21H21NO4S2/c1-4-18(23)21-19(14-5-9-16(10-6-14)22-28(24)25)13(2)20(27-21)15-7-11-17(26-3)12-8-15/h5-12,22H,4H2,1-3H3,(H,24,25)/p-1. The number of carbonyl (C=O) groups is 1. The zero-order valence-corrected chi connectivity index (χ0v) is 17.4. The molecule has 1 unspecified atom stereocenters. The first-order chi connectivity index (χ1) is 13.4. The molecule has 1 atom stereocenters. The van der Waals surface area contributed by atoms with Crippen LogP contribution in [0.15, 0.2) is 48.5 Å². The number of hydrogen-bond donors (Lipinski definition) is 1. The Labute approximate surface area is 170 Å². The average Bonchev–Trinajstić information content (AvgIpc) is 3.05. The molecular formula is C21H20NO4S2-. The Morgan fingerprint density at radius 2 is 1.71 bits per heavy atom. The second-order valence-electron chi connectivity index (χ2n) is 6.18. The molecule has 0 saturated heterocycles. The van der Waals surface area contributed by atoms with Crippen LogP contribution >= 0.6 is 11.3 Å². The lowest BCUT2D eigenvalue weighted by Gasteiger charge is -2.10. The van der Waals surface area contributed by atoms with Crippen LogP contribution in [0.3, 0.4) is 0 Å². The molecule has 1 N–H and O–H groups in total. The molecule has 0 aliphatic rings. The van der Waals surface area contributed by atoms with Crippen molar-refractivity contribution in [3.05, 3.63) is 59.0 Å². The van der Waals surface area contributed by atoms with Gasteiger partial charge in [-0.25, -0.2) is 0 Å². The van der Waals surface area contributed by atoms with Crippen molar-refractivity contribution in [2.75, 3.05) is 11.8 Å². The van der Waals surface area contributed by atoms with E-state index in [4.69, 9.17) is 4.74 Å². The summed E-state index contributed by atoms with van der Waals surface area (Å²) in [5, 5.41) is 0. The zero-order chi connectivity index (χ0) is 20.3. The second kappa shape index (κ2) is 8.68. The highest BCUT2D eigenvalue weighted by atomic mass is 32.2. The van der Waals surface area contributed by atoms with Crippen LogP contribution in [-0.4, -0.2) is 21.7 Å². The number of benzene rings is 2. The molecule has 5 nitrogen and oxygen atoms in total. The Bertz CT molecular complexity index is 1010. The fourth-order valence-electron chi connectivity index (χ4n) is 3.04. The smallest absolute Gasteiger partial charge is 0.173 e. The molecule has 3 rings (SSSR count). The van der Waals surface area contributed by atoms with Crippen LogP contribution in [-0.2, 0) is 11.3 Å². The van der Waals surface area contributed by atoms with E-state index in [9.17, 15) is 13.6 Å². The molecule has 0 aliphatic carbocycles. The van der Waals surface area contributed by atoms with Gasteiger partial charge in [0.05, 0.1) is 12.0 Å². The summed E-state index contributed by atoms with van der Waals surface area (Å²) in [6.07, 6.45) is 0.420. The van der Waals surface area contributed by atoms with Gasteiger partial charge in [-0.3, -0.25) is 9.00 Å². The van der Waals surface area contributed by atoms with E-state index >= 15 is 0 Å². The SMILES string of the molecule is CCC(=O)c1sc(-c2ccc(OC)cc2)c(C)c1-c1ccc(NS(=O)[O-])cc1. The number of thiophene rings is 1. The Kier molecular flexibility index (Phi) is 6.28. The minimum Gasteiger partial charge on any atom is -0.755 e. The maximum absolute atomic E-state index is 12.6. The molecule has 0 bridgehead atoms. The Hall–Kier alpha value is -2.48. The van der Waals surface area contributed by atoms with Gasteiger partial charge in [0.15, 0.2) is 5.78 Å². The van der Waals surface area contributed by atoms with Crippen LogP contribution in [0.25, 0.3) is 21.6 Å². The number of ketones is 1. The lowest BCUT2D eigenvalue weighted by Crippen LogP contribution is -2.02. The largest absolute Gasteiger partial charge is 0.755 e. The number of rotatable bonds is 7. The molecule has 2 aromatic carbocycles. The van der Waals surface area contributed by atoms with Crippen LogP contribution in [0.5, 0.6) is 5.75 Å². The van der Waals surface area contributed by atoms with Crippen LogP contribution in [0, 0.1) is 6.92 Å². The summed E-state index contributed by atoms with van der Waals surface area (Å²) in [5.41, 5.74) is 4.31. The number of ether oxygens (including phenoxy) is 1. The van der Waals surface area contributed by atoms with Crippen LogP contribution in [0.2, 0.25) is 0 Å². The van der Waals surface area contributed by atoms with Gasteiger partial charge >= 0.3 is 0 Å². The number of nitrogens with one attached hydrogen (secondary N) is 1. The van der Waals surface area contributed by atoms with Crippen molar-refractivity contribution in [1.29, 1.82) is 0 Å². The predicted molar refractivity (Wildman–Crippen MR) is 114 cm³/mol. The third-order valence-corrected chi connectivity index (χ3v) is 6.23. The summed E-state index contributed by atoms with van der Waals surface area (Å²) in [6.45, 7) is 3.86. The highest BCUT2D eigenvalue weighted by Gasteiger charge is 2.21. The molecule has 0 saturated carbocycles. The third kappa shape index (κ3) is 4.16. The maximum Gasteiger partial charge on any atom is 0.173 e. The average molecular weight is 415 g/mol. The van der Waals surface area contributed by atoms with Crippen molar-refractivity contribution < 1.29 is 18.3 Å². The van der Waals surface area contributed by atoms with E-state index in [1.165, 1.54) is 11.3 Å². The summed E-state index contributed by atoms with van der Waals surface area (Å²) in [6, 6.07) is 14.8. The lowest BCUT2D eigenvalue weighted by atomic mass is 9.97. The molecule has 3 aromatic rings. The van der Waals surface area contributed by atoms with Crippen molar-refractivity contribution in [3.63, 3.8) is 0 Å². The van der Waals surface area contributed by atoms with Crippen LogP contribution in [0.4, 0.5) is 5.69 Å². The Balaban J connectivity index is 2.09. The van der Waals surface area contributed by atoms with E-state index in [1.807, 2.05) is 50.2 Å². The minimum atomic E-state index is -2.37. The molecule has 0 aliphatic heterocycles. The van der Waals surface area contributed by atoms with Crippen molar-refractivity contribution >= 4 is 34.1 Å². The first-order valence-corrected chi connectivity index (χ1v) is 10.6. The molecule has 1 aromatic heterocycles. The minimum absolute atomic E-state index is 0.0886. The molecule has 7 heteroatoms. The molecule has 0 radical (unpaired) electrons. The van der Waals surface area contributed by atoms with Crippen LogP contribution in [0.1, 0.15) is 28.6 Å². The van der Waals surface area contributed by atoms with Gasteiger partial charge in [0.25, 0.3) is 0 Å². The summed E-state index contributed by atoms with van der Waals surface area (Å²) < 4.78 is 29.2. The summed E-state index contributed by atoms with van der Waals surface area (Å²) >= 11 is -0.881. The van der Waals surface area contributed by atoms with E-state index in [0.717, 1.165) is 37.8 Å². The van der Waals surface area contributed by atoms with E-state index in [2.05, 4.69) is 4.72 Å². The second-order valence-corrected chi connectivity index (χ2v) is 7.87. The quantitative estimate of drug-likeness (QED) is 0.426. The monoisotopic (exact) mass is 414 g/mol. The number of Topliss-reactive ketones (excluding diaryl/α,β-unsaturated/α-hetero) is 1. The van der Waals surface area contributed by atoms with E-state index in [-0.39, 0.29) is 5.78 Å². The predicted octanol–water partition coefficient (Wildman–Crippen LogP) is 5.20. The molecule has 146 valence electrons. The van der Waals surface area contributed by atoms with Gasteiger partial charge in [0, 0.05) is 33.8 Å². The van der Waals surface area contributed by atoms with E-state index < -0.39 is 11.3 Å². The zero-order valence-electron chi connectivity index (χ0n) is 15.8. The van der Waals surface area contributed by atoms with Crippen molar-refractivity contribution in [1.82, 2.24) is 0 Å². The maximum atomic E-state index is 12.6. The number of carbonyl (C=O) groups excluding carboxylic acids is 1. The topological polar surface area (TPSA) is 78.5 Å². The first-order valence-electron chi connectivity index (χ1n) is 8.72. The highest BCUT2D eigenvalue weighted by molar-refractivity contribution is 7.80. The molecule has 0 fully saturated rings. The van der Waals surface area contributed by atoms with Gasteiger partial charge in [0.2, 0.25) is 0 Å². The van der Waals surface area contributed by atoms with Gasteiger partial charge < -0.3 is 14.0 Å². The Morgan fingerprint density at radius 1 is 1.11 bits per heavy atom. The van der Waals surface area contributed by atoms with Crippen molar-refractivity contribution in [2.45, 2.75) is 20.3 Å². The summed E-state index contributed by atoms with van der Waals surface area (Å²) in [7, 11) is 1.63. The fourth-order valence-corrected chi connectivity index (χ4v) is 4.71. The van der Waals surface area contributed by atoms with Crippen molar-refractivity contribution in [2.24, 2.45) is 0 Å². The number of methoxy groups -OCH3 is 1. The van der Waals surface area contributed by atoms with Gasteiger partial charge in [-0.15, -0.1) is 11.3 Å². The van der Waals surface area contributed by atoms with Gasteiger partial charge in [-0.05, 0) is 60.0 Å². The summed E-state index contributed by atoms with van der Waals surface area (Å²) in [4.78, 5) is 14.4. The number of anilines is 1. The van der Waals surface area contributed by atoms with Gasteiger partial charge in [-0.2, -0.15) is 0 Å². The van der Waals surface area contributed by atoms with Gasteiger partial charge in [0.1, 0.15) is 5.75 Å². The lowest BCUT2D eigenvalue weighted by molar-refractivity contribution is 0.0992. The first kappa shape index (κ1) is 20.3. The fraction of sp³-hybridized carbons (Fsp3) is 0.190. The molecule has 28 heavy (non-hydrogen) atoms. The molecular weight excluding hydrogens is 394 g/mol. The van der Waals surface area contributed by atoms with Crippen molar-refractivity contribution in [3.8, 4) is 27.3 Å². The molecule has 0 amide bonds. The van der Waals surface area contributed by atoms with E-state index in [0.29, 0.717) is 12.1 Å². The highest BCUT2D eigenvalue weighted by Crippen LogP contribution is 2.43. The van der Waals surface area contributed by atoms with Crippen LogP contribution < -0.4 is 9.46 Å². The number of hydrogen-bond acceptors (Lipinski definition) is 5. The third-order valence-electron chi connectivity index (χ3n) is 4.45. The Morgan fingerprint density at radius 3 is 2.25 bits per heavy atom. The van der Waals surface area contributed by atoms with Gasteiger partial charge in [-0.1, -0.05) is 19.1 Å².